The van der Waals surface area contributed by atoms with Crippen LogP contribution in [0.15, 0.2) is 54.6 Å². The molecule has 1 fully saturated rings. The number of hydrogen-bond donors (Lipinski definition) is 2. The van der Waals surface area contributed by atoms with Crippen molar-refractivity contribution >= 4 is 0 Å². The second-order valence-electron chi connectivity index (χ2n) is 5.96. The molecule has 1 aliphatic heterocycles. The number of rotatable bonds is 4. The van der Waals surface area contributed by atoms with E-state index in [1.54, 1.807) is 0 Å². The van der Waals surface area contributed by atoms with E-state index >= 15 is 0 Å². The second-order valence-corrected chi connectivity index (χ2v) is 5.96. The molecule has 0 amide bonds. The Morgan fingerprint density at radius 2 is 1.86 bits per heavy atom. The number of aryl methyl sites for hydroxylation is 1. The summed E-state index contributed by atoms with van der Waals surface area (Å²) < 4.78 is 5.90. The Morgan fingerprint density at radius 3 is 2.55 bits per heavy atom. The highest BCUT2D eigenvalue weighted by atomic mass is 16.5. The minimum absolute atomic E-state index is 0.247. The first kappa shape index (κ1) is 15.2. The van der Waals surface area contributed by atoms with Gasteiger partial charge in [-0.05, 0) is 23.6 Å². The van der Waals surface area contributed by atoms with Crippen LogP contribution in [0.25, 0.3) is 0 Å². The van der Waals surface area contributed by atoms with Crippen LogP contribution in [0.3, 0.4) is 0 Å². The third-order valence-electron chi connectivity index (χ3n) is 4.46. The summed E-state index contributed by atoms with van der Waals surface area (Å²) in [6.45, 7) is 4.22. The SMILES string of the molecule is Cc1ccccc1CC(O)(c1ccccc1)C1CNCCO1. The van der Waals surface area contributed by atoms with Crippen LogP contribution in [0.4, 0.5) is 0 Å². The van der Waals surface area contributed by atoms with E-state index in [4.69, 9.17) is 4.74 Å². The van der Waals surface area contributed by atoms with Crippen LogP contribution in [0.1, 0.15) is 16.7 Å². The maximum atomic E-state index is 11.5. The molecule has 0 aromatic heterocycles. The third-order valence-corrected chi connectivity index (χ3v) is 4.46. The molecule has 1 saturated heterocycles. The Kier molecular flexibility index (Phi) is 4.57. The zero-order valence-electron chi connectivity index (χ0n) is 13.0. The molecule has 2 unspecified atom stereocenters. The molecular formula is C19H23NO2. The highest BCUT2D eigenvalue weighted by Crippen LogP contribution is 2.32. The predicted octanol–water partition coefficient (Wildman–Crippen LogP) is 2.41. The minimum atomic E-state index is -1.03. The molecular weight excluding hydrogens is 274 g/mol. The van der Waals surface area contributed by atoms with Crippen LogP contribution in [0.2, 0.25) is 0 Å². The highest BCUT2D eigenvalue weighted by Gasteiger charge is 2.40. The summed E-state index contributed by atoms with van der Waals surface area (Å²) in [6.07, 6.45) is 0.305. The lowest BCUT2D eigenvalue weighted by Gasteiger charge is -2.39. The minimum Gasteiger partial charge on any atom is -0.382 e. The van der Waals surface area contributed by atoms with Crippen LogP contribution in [0, 0.1) is 6.92 Å². The molecule has 0 radical (unpaired) electrons. The van der Waals surface area contributed by atoms with Crippen LogP contribution in [0.5, 0.6) is 0 Å². The average molecular weight is 297 g/mol. The summed E-state index contributed by atoms with van der Waals surface area (Å²) in [6, 6.07) is 18.1. The van der Waals surface area contributed by atoms with E-state index in [0.717, 1.165) is 17.7 Å². The quantitative estimate of drug-likeness (QED) is 0.910. The van der Waals surface area contributed by atoms with Crippen molar-refractivity contribution in [3.05, 3.63) is 71.3 Å². The largest absolute Gasteiger partial charge is 0.382 e. The first-order valence-electron chi connectivity index (χ1n) is 7.85. The molecule has 3 heteroatoms. The maximum absolute atomic E-state index is 11.5. The lowest BCUT2D eigenvalue weighted by atomic mass is 9.81. The van der Waals surface area contributed by atoms with Crippen molar-refractivity contribution < 1.29 is 9.84 Å². The summed E-state index contributed by atoms with van der Waals surface area (Å²) >= 11 is 0. The number of ether oxygens (including phenoxy) is 1. The summed E-state index contributed by atoms with van der Waals surface area (Å²) in [7, 11) is 0. The molecule has 0 saturated carbocycles. The van der Waals surface area contributed by atoms with Crippen LogP contribution in [-0.4, -0.2) is 30.9 Å². The lowest BCUT2D eigenvalue weighted by molar-refractivity contribution is -0.124. The third kappa shape index (κ3) is 3.07. The molecule has 0 spiro atoms. The monoisotopic (exact) mass is 297 g/mol. The highest BCUT2D eigenvalue weighted by molar-refractivity contribution is 5.32. The van der Waals surface area contributed by atoms with Crippen molar-refractivity contribution in [1.29, 1.82) is 0 Å². The molecule has 2 aromatic carbocycles. The zero-order valence-corrected chi connectivity index (χ0v) is 13.0. The van der Waals surface area contributed by atoms with Gasteiger partial charge in [0.05, 0.1) is 6.61 Å². The van der Waals surface area contributed by atoms with Gasteiger partial charge in [0.1, 0.15) is 11.7 Å². The van der Waals surface area contributed by atoms with E-state index in [2.05, 4.69) is 24.4 Å². The molecule has 22 heavy (non-hydrogen) atoms. The predicted molar refractivity (Wildman–Crippen MR) is 87.8 cm³/mol. The normalized spacial score (nSPS) is 21.3. The molecule has 1 heterocycles. The Hall–Kier alpha value is -1.68. The molecule has 1 aliphatic rings. The van der Waals surface area contributed by atoms with Crippen molar-refractivity contribution in [2.75, 3.05) is 19.7 Å². The summed E-state index contributed by atoms with van der Waals surface area (Å²) in [4.78, 5) is 0. The van der Waals surface area contributed by atoms with Crippen LogP contribution in [-0.2, 0) is 16.8 Å². The van der Waals surface area contributed by atoms with E-state index in [1.165, 1.54) is 5.56 Å². The van der Waals surface area contributed by atoms with Gasteiger partial charge in [-0.2, -0.15) is 0 Å². The molecule has 0 bridgehead atoms. The Balaban J connectivity index is 1.97. The van der Waals surface area contributed by atoms with Crippen molar-refractivity contribution in [1.82, 2.24) is 5.32 Å². The van der Waals surface area contributed by atoms with E-state index in [9.17, 15) is 5.11 Å². The van der Waals surface area contributed by atoms with E-state index in [0.29, 0.717) is 19.6 Å². The second kappa shape index (κ2) is 6.61. The van der Waals surface area contributed by atoms with Gasteiger partial charge in [0, 0.05) is 19.5 Å². The van der Waals surface area contributed by atoms with E-state index in [-0.39, 0.29) is 6.10 Å². The Morgan fingerprint density at radius 1 is 1.14 bits per heavy atom. The smallest absolute Gasteiger partial charge is 0.121 e. The fourth-order valence-electron chi connectivity index (χ4n) is 3.10. The molecule has 3 nitrogen and oxygen atoms in total. The van der Waals surface area contributed by atoms with E-state index in [1.807, 2.05) is 42.5 Å². The van der Waals surface area contributed by atoms with E-state index < -0.39 is 5.60 Å². The molecule has 2 aromatic rings. The van der Waals surface area contributed by atoms with Gasteiger partial charge in [-0.1, -0.05) is 54.6 Å². The fourth-order valence-corrected chi connectivity index (χ4v) is 3.10. The first-order valence-corrected chi connectivity index (χ1v) is 7.85. The van der Waals surface area contributed by atoms with Gasteiger partial charge in [0.2, 0.25) is 0 Å². The van der Waals surface area contributed by atoms with Gasteiger partial charge in [0.15, 0.2) is 0 Å². The standard InChI is InChI=1S/C19H23NO2/c1-15-7-5-6-8-16(15)13-19(21,17-9-3-2-4-10-17)18-14-20-11-12-22-18/h2-10,18,20-21H,11-14H2,1H3. The maximum Gasteiger partial charge on any atom is 0.121 e. The van der Waals surface area contributed by atoms with Crippen molar-refractivity contribution in [3.8, 4) is 0 Å². The number of morpholine rings is 1. The topological polar surface area (TPSA) is 41.5 Å². The molecule has 2 atom stereocenters. The number of hydrogen-bond acceptors (Lipinski definition) is 3. The van der Waals surface area contributed by atoms with Gasteiger partial charge in [-0.15, -0.1) is 0 Å². The summed E-state index contributed by atoms with van der Waals surface area (Å²) in [5.41, 5.74) is 2.23. The van der Waals surface area contributed by atoms with Gasteiger partial charge in [0.25, 0.3) is 0 Å². The Labute approximate surface area is 131 Å². The number of aliphatic hydroxyl groups is 1. The zero-order chi connectivity index (χ0) is 15.4. The fraction of sp³-hybridized carbons (Fsp3) is 0.368. The molecule has 3 rings (SSSR count). The van der Waals surface area contributed by atoms with Gasteiger partial charge in [-0.25, -0.2) is 0 Å². The van der Waals surface area contributed by atoms with Gasteiger partial charge in [-0.3, -0.25) is 0 Å². The molecule has 0 aliphatic carbocycles. The van der Waals surface area contributed by atoms with Crippen molar-refractivity contribution in [2.45, 2.75) is 25.0 Å². The molecule has 116 valence electrons. The number of nitrogens with one attached hydrogen (secondary N) is 1. The van der Waals surface area contributed by atoms with Crippen LogP contribution < -0.4 is 5.32 Å². The summed E-state index contributed by atoms with van der Waals surface area (Å²) in [5, 5.41) is 14.8. The first-order chi connectivity index (χ1) is 10.7. The van der Waals surface area contributed by atoms with Gasteiger partial charge >= 0.3 is 0 Å². The van der Waals surface area contributed by atoms with Crippen molar-refractivity contribution in [2.24, 2.45) is 0 Å². The summed E-state index contributed by atoms with van der Waals surface area (Å²) in [5.74, 6) is 0. The van der Waals surface area contributed by atoms with Crippen molar-refractivity contribution in [3.63, 3.8) is 0 Å². The van der Waals surface area contributed by atoms with Gasteiger partial charge < -0.3 is 15.2 Å². The number of benzene rings is 2. The molecule has 2 N–H and O–H groups in total. The van der Waals surface area contributed by atoms with Crippen LogP contribution >= 0.6 is 0 Å². The average Bonchev–Trinajstić information content (AvgIpc) is 2.58. The lowest BCUT2D eigenvalue weighted by Crippen LogP contribution is -2.52. The Bertz CT molecular complexity index is 608.